The van der Waals surface area contributed by atoms with Gasteiger partial charge in [0.25, 0.3) is 0 Å². The molecule has 0 spiro atoms. The maximum atomic E-state index is 13.8. The Balaban J connectivity index is 3.12. The van der Waals surface area contributed by atoms with Gasteiger partial charge in [-0.1, -0.05) is 25.6 Å². The standard InChI is InChI=1S/C13H19FN2O2SSi/c1-19(17,18)16-9-11-7-10(5-6-20(2,3)4)12(14)8-13(11)15/h7-8,16H,9,15H2,1-4H3. The van der Waals surface area contributed by atoms with Gasteiger partial charge < -0.3 is 5.73 Å². The van der Waals surface area contributed by atoms with Crippen LogP contribution in [0.25, 0.3) is 0 Å². The first kappa shape index (κ1) is 16.7. The Morgan fingerprint density at radius 2 is 1.95 bits per heavy atom. The second-order valence-corrected chi connectivity index (χ2v) is 12.2. The van der Waals surface area contributed by atoms with Gasteiger partial charge in [-0.15, -0.1) is 5.54 Å². The minimum atomic E-state index is -3.33. The summed E-state index contributed by atoms with van der Waals surface area (Å²) in [4.78, 5) is 0. The quantitative estimate of drug-likeness (QED) is 0.506. The molecule has 0 atom stereocenters. The first-order valence-electron chi connectivity index (χ1n) is 6.04. The van der Waals surface area contributed by atoms with Crippen LogP contribution in [0.2, 0.25) is 19.6 Å². The summed E-state index contributed by atoms with van der Waals surface area (Å²) in [5, 5.41) is 0. The van der Waals surface area contributed by atoms with Crippen LogP contribution in [0.3, 0.4) is 0 Å². The van der Waals surface area contributed by atoms with E-state index in [2.05, 4.69) is 35.8 Å². The van der Waals surface area contributed by atoms with Gasteiger partial charge in [0, 0.05) is 12.2 Å². The summed E-state index contributed by atoms with van der Waals surface area (Å²) in [7, 11) is -4.94. The van der Waals surface area contributed by atoms with E-state index >= 15 is 0 Å². The van der Waals surface area contributed by atoms with E-state index in [0.29, 0.717) is 5.56 Å². The number of anilines is 1. The molecule has 0 amide bonds. The van der Waals surface area contributed by atoms with Gasteiger partial charge in [-0.2, -0.15) is 0 Å². The summed E-state index contributed by atoms with van der Waals surface area (Å²) in [5.41, 5.74) is 9.71. The van der Waals surface area contributed by atoms with Gasteiger partial charge in [0.1, 0.15) is 13.9 Å². The zero-order valence-electron chi connectivity index (χ0n) is 12.0. The van der Waals surface area contributed by atoms with Crippen molar-refractivity contribution in [1.82, 2.24) is 4.72 Å². The van der Waals surface area contributed by atoms with Gasteiger partial charge in [0.2, 0.25) is 10.0 Å². The number of halogens is 1. The Morgan fingerprint density at radius 3 is 2.45 bits per heavy atom. The number of rotatable bonds is 3. The smallest absolute Gasteiger partial charge is 0.209 e. The average Bonchev–Trinajstić information content (AvgIpc) is 2.24. The summed E-state index contributed by atoms with van der Waals surface area (Å²) >= 11 is 0. The van der Waals surface area contributed by atoms with Crippen molar-refractivity contribution in [3.8, 4) is 11.5 Å². The van der Waals surface area contributed by atoms with Crippen LogP contribution in [0, 0.1) is 17.3 Å². The van der Waals surface area contributed by atoms with Crippen molar-refractivity contribution < 1.29 is 12.8 Å². The van der Waals surface area contributed by atoms with E-state index in [1.54, 1.807) is 0 Å². The number of hydrogen-bond donors (Lipinski definition) is 2. The van der Waals surface area contributed by atoms with Crippen molar-refractivity contribution in [3.63, 3.8) is 0 Å². The largest absolute Gasteiger partial charge is 0.398 e. The Bertz CT molecular complexity index is 670. The number of nitrogens with one attached hydrogen (secondary N) is 1. The monoisotopic (exact) mass is 314 g/mol. The third-order valence-electron chi connectivity index (χ3n) is 2.33. The van der Waals surface area contributed by atoms with Crippen LogP contribution in [-0.4, -0.2) is 22.7 Å². The van der Waals surface area contributed by atoms with E-state index in [1.807, 2.05) is 0 Å². The molecular weight excluding hydrogens is 295 g/mol. The average molecular weight is 314 g/mol. The van der Waals surface area contributed by atoms with Crippen molar-refractivity contribution in [2.45, 2.75) is 26.2 Å². The van der Waals surface area contributed by atoms with Crippen LogP contribution >= 0.6 is 0 Å². The SMILES string of the molecule is C[Si](C)(C)C#Cc1cc(CNS(C)(=O)=O)c(N)cc1F. The molecular formula is C13H19FN2O2SSi. The lowest BCUT2D eigenvalue weighted by Crippen LogP contribution is -2.22. The van der Waals surface area contributed by atoms with Crippen molar-refractivity contribution in [2.24, 2.45) is 0 Å². The molecule has 0 fully saturated rings. The van der Waals surface area contributed by atoms with E-state index in [0.717, 1.165) is 6.26 Å². The third-order valence-corrected chi connectivity index (χ3v) is 3.87. The highest BCUT2D eigenvalue weighted by atomic mass is 32.2. The molecule has 0 heterocycles. The highest BCUT2D eigenvalue weighted by Gasteiger charge is 2.11. The van der Waals surface area contributed by atoms with E-state index in [1.165, 1.54) is 12.1 Å². The number of hydrogen-bond acceptors (Lipinski definition) is 3. The second kappa shape index (κ2) is 5.95. The molecule has 110 valence electrons. The summed E-state index contributed by atoms with van der Waals surface area (Å²) in [6.45, 7) is 6.19. The first-order valence-corrected chi connectivity index (χ1v) is 11.4. The maximum Gasteiger partial charge on any atom is 0.209 e. The fourth-order valence-corrected chi connectivity index (χ4v) is 2.27. The Kier molecular flexibility index (Phi) is 4.97. The van der Waals surface area contributed by atoms with Crippen molar-refractivity contribution >= 4 is 23.8 Å². The van der Waals surface area contributed by atoms with Crippen LogP contribution in [0.1, 0.15) is 11.1 Å². The lowest BCUT2D eigenvalue weighted by atomic mass is 10.1. The first-order chi connectivity index (χ1) is 8.98. The fourth-order valence-electron chi connectivity index (χ4n) is 1.35. The molecule has 0 aliphatic heterocycles. The predicted octanol–water partition coefficient (Wildman–Crippen LogP) is 1.69. The van der Waals surface area contributed by atoms with Gasteiger partial charge in [-0.3, -0.25) is 0 Å². The fraction of sp³-hybridized carbons (Fsp3) is 0.385. The molecule has 4 nitrogen and oxygen atoms in total. The molecule has 0 aliphatic rings. The van der Waals surface area contributed by atoms with E-state index in [9.17, 15) is 12.8 Å². The summed E-state index contributed by atoms with van der Waals surface area (Å²) in [5.74, 6) is 2.33. The van der Waals surface area contributed by atoms with Crippen LogP contribution < -0.4 is 10.5 Å². The van der Waals surface area contributed by atoms with Crippen molar-refractivity contribution in [1.29, 1.82) is 0 Å². The summed E-state index contributed by atoms with van der Waals surface area (Å²) in [6, 6.07) is 2.67. The third kappa shape index (κ3) is 5.73. The second-order valence-electron chi connectivity index (χ2n) is 5.62. The molecule has 0 radical (unpaired) electrons. The lowest BCUT2D eigenvalue weighted by molar-refractivity contribution is 0.587. The number of nitrogens with two attached hydrogens (primary N) is 1. The molecule has 1 aromatic rings. The van der Waals surface area contributed by atoms with Gasteiger partial charge in [0.15, 0.2) is 0 Å². The van der Waals surface area contributed by atoms with E-state index in [4.69, 9.17) is 5.73 Å². The molecule has 1 aromatic carbocycles. The predicted molar refractivity (Wildman–Crippen MR) is 82.7 cm³/mol. The Morgan fingerprint density at radius 1 is 1.35 bits per heavy atom. The lowest BCUT2D eigenvalue weighted by Gasteiger charge is -2.08. The van der Waals surface area contributed by atoms with E-state index in [-0.39, 0.29) is 17.8 Å². The normalized spacial score (nSPS) is 11.8. The number of nitrogen functional groups attached to an aromatic ring is 1. The molecule has 1 rings (SSSR count). The number of sulfonamides is 1. The van der Waals surface area contributed by atoms with Crippen LogP contribution in [-0.2, 0) is 16.6 Å². The summed E-state index contributed by atoms with van der Waals surface area (Å²) < 4.78 is 38.3. The van der Waals surface area contributed by atoms with Crippen LogP contribution in [0.15, 0.2) is 12.1 Å². The summed E-state index contributed by atoms with van der Waals surface area (Å²) in [6.07, 6.45) is 1.05. The number of benzene rings is 1. The van der Waals surface area contributed by atoms with Gasteiger partial charge in [-0.25, -0.2) is 17.5 Å². The van der Waals surface area contributed by atoms with Gasteiger partial charge in [-0.05, 0) is 17.7 Å². The molecule has 20 heavy (non-hydrogen) atoms. The highest BCUT2D eigenvalue weighted by Crippen LogP contribution is 2.18. The van der Waals surface area contributed by atoms with E-state index < -0.39 is 23.9 Å². The minimum absolute atomic E-state index is 0.0204. The molecule has 0 saturated carbocycles. The topological polar surface area (TPSA) is 72.2 Å². The van der Waals surface area contributed by atoms with Crippen LogP contribution in [0.4, 0.5) is 10.1 Å². The molecule has 3 N–H and O–H groups in total. The molecule has 0 aromatic heterocycles. The maximum absolute atomic E-state index is 13.8. The zero-order chi connectivity index (χ0) is 15.6. The zero-order valence-corrected chi connectivity index (χ0v) is 13.9. The van der Waals surface area contributed by atoms with Gasteiger partial charge in [0.05, 0.1) is 11.8 Å². The van der Waals surface area contributed by atoms with Gasteiger partial charge >= 0.3 is 0 Å². The molecule has 0 unspecified atom stereocenters. The molecule has 0 bridgehead atoms. The Hall–Kier alpha value is -1.36. The minimum Gasteiger partial charge on any atom is -0.398 e. The molecule has 0 aliphatic carbocycles. The Labute approximate surface area is 120 Å². The van der Waals surface area contributed by atoms with Crippen molar-refractivity contribution in [2.75, 3.05) is 12.0 Å². The molecule has 0 saturated heterocycles. The van der Waals surface area contributed by atoms with Crippen LogP contribution in [0.5, 0.6) is 0 Å². The molecule has 7 heteroatoms. The highest BCUT2D eigenvalue weighted by molar-refractivity contribution is 7.88. The van der Waals surface area contributed by atoms with Crippen molar-refractivity contribution in [3.05, 3.63) is 29.1 Å².